The van der Waals surface area contributed by atoms with Crippen LogP contribution in [0.5, 0.6) is 0 Å². The second kappa shape index (κ2) is 28.5. The smallest absolute Gasteiger partial charge is 0.252 e. The van der Waals surface area contributed by atoms with Crippen molar-refractivity contribution in [3.8, 4) is 55.9 Å². The Bertz CT molecular complexity index is 7260. The Balaban J connectivity index is 0.885. The van der Waals surface area contributed by atoms with Crippen molar-refractivity contribution in [2.24, 2.45) is 0 Å². The molecule has 0 saturated carbocycles. The lowest BCUT2D eigenvalue weighted by atomic mass is 9.33. The zero-order chi connectivity index (χ0) is 88.1. The summed E-state index contributed by atoms with van der Waals surface area (Å²) in [4.78, 5) is 13.8. The van der Waals surface area contributed by atoms with E-state index < -0.39 is 12.1 Å². The summed E-state index contributed by atoms with van der Waals surface area (Å²) in [6.07, 6.45) is 0. The highest BCUT2D eigenvalue weighted by molar-refractivity contribution is 8.00. The van der Waals surface area contributed by atoms with Crippen molar-refractivity contribution < 1.29 is 8.22 Å². The third-order valence-corrected chi connectivity index (χ3v) is 27.6. The first-order valence-corrected chi connectivity index (χ1v) is 44.1. The predicted octanol–water partition coefficient (Wildman–Crippen LogP) is 30.4. The average molecular weight is 1620 g/mol. The lowest BCUT2D eigenvalue weighted by molar-refractivity contribution is 0.590. The Hall–Kier alpha value is -13.7. The van der Waals surface area contributed by atoms with E-state index in [0.29, 0.717) is 39.1 Å². The summed E-state index contributed by atoms with van der Waals surface area (Å²) in [5, 5.41) is 3.62. The van der Waals surface area contributed by atoms with Gasteiger partial charge in [0.15, 0.2) is 0 Å². The molecule has 0 N–H and O–H groups in total. The molecule has 590 valence electrons. The maximum atomic E-state index is 12.1. The molecule has 0 amide bonds. The van der Waals surface area contributed by atoms with Crippen LogP contribution in [0.2, 0.25) is 0 Å². The van der Waals surface area contributed by atoms with Gasteiger partial charge in [-0.25, -0.2) is 0 Å². The lowest BCUT2D eigenvalue weighted by Crippen LogP contribution is -2.61. The van der Waals surface area contributed by atoms with Crippen molar-refractivity contribution in [3.05, 3.63) is 393 Å². The largest absolute Gasteiger partial charge is 0.310 e. The Kier molecular flexibility index (Phi) is 15.7. The fourth-order valence-corrected chi connectivity index (χ4v) is 21.4. The second-order valence-electron chi connectivity index (χ2n) is 35.9. The van der Waals surface area contributed by atoms with Crippen molar-refractivity contribution in [2.75, 3.05) is 19.6 Å². The van der Waals surface area contributed by atoms with E-state index in [2.05, 4.69) is 419 Å². The summed E-state index contributed by atoms with van der Waals surface area (Å²) < 4.78 is 74.6. The van der Waals surface area contributed by atoms with E-state index in [-0.39, 0.29) is 58.5 Å². The summed E-state index contributed by atoms with van der Waals surface area (Å²) in [6, 6.07) is 119. The maximum Gasteiger partial charge on any atom is 0.252 e. The van der Waals surface area contributed by atoms with Crippen LogP contribution >= 0.6 is 23.5 Å². The number of anilines is 12. The molecule has 0 radical (unpaired) electrons. The summed E-state index contributed by atoms with van der Waals surface area (Å²) in [7, 11) is 0. The van der Waals surface area contributed by atoms with Gasteiger partial charge in [-0.15, -0.1) is 0 Å². The molecular weight excluding hydrogens is 1530 g/mol. The SMILES string of the molecule is [2H]c1c([2H])c(-n2c3ccccc3c3cc(N4c5ccccc5Sc5ccccc54)ccc32)c([2H])c2c1B1c3c(cc(C(C)(C)C)cc3N(c3c(-c4ccccc4)cc(C(C)(C)C)cc3-c3ccccc3)c3c([2H])c(-n4c5ccccc5c5cc(N6c7ccccc7Sc7ccccc76)ccc54)c([2H])c([2H])c31)N2c1c(-c2ccccc2)cc(C(C)(C)C)cc1-c1ccccc1. The zero-order valence-corrected chi connectivity index (χ0v) is 71.5. The van der Waals surface area contributed by atoms with Gasteiger partial charge in [0, 0.05) is 109 Å². The molecule has 6 nitrogen and oxygen atoms in total. The lowest BCUT2D eigenvalue weighted by Gasteiger charge is -2.47. The van der Waals surface area contributed by atoms with Crippen molar-refractivity contribution >= 4 is 158 Å². The summed E-state index contributed by atoms with van der Waals surface area (Å²) >= 11 is 3.53. The standard InChI is InChI=1S/C114H89BN6S2/c1-112(2,3)76-62-85(72-34-14-10-15-35-72)110(86(63-76)73-36-16-11-17-37-73)120-101-70-81(116-93-44-24-22-42-83(93)89-68-79(56-60-95(89)116)118-97-46-26-30-50-105(97)122-106-51-31-27-47-98(106)118)54-58-91(101)115-92-59-55-82(117-94-45-25-23-43-84(94)90-69-80(57-61-96(90)117)119-99-48-28-32-52-107(99)123-108-53-33-29-49-100(108)119)71-102(92)121(104-67-78(114(7,8)9)66-103(120)109(104)115)111-87(74-38-18-12-19-39-74)64-77(113(4,5)6)65-88(111)75-40-20-13-21-41-75/h10-71H,1-9H3/i54D,55D,58D,59D,70D,71D. The maximum absolute atomic E-state index is 12.1. The van der Waals surface area contributed by atoms with E-state index in [9.17, 15) is 8.22 Å². The van der Waals surface area contributed by atoms with Gasteiger partial charge in [-0.1, -0.05) is 304 Å². The van der Waals surface area contributed by atoms with E-state index in [1.54, 1.807) is 23.5 Å². The molecule has 17 aromatic carbocycles. The van der Waals surface area contributed by atoms with Crippen LogP contribution in [-0.4, -0.2) is 15.8 Å². The Labute approximate surface area is 737 Å². The molecule has 123 heavy (non-hydrogen) atoms. The number of rotatable bonds is 10. The van der Waals surface area contributed by atoms with E-state index in [1.807, 2.05) is 12.1 Å². The predicted molar refractivity (Wildman–Crippen MR) is 525 cm³/mol. The summed E-state index contributed by atoms with van der Waals surface area (Å²) in [5.74, 6) is 0. The van der Waals surface area contributed by atoms with Crippen molar-refractivity contribution in [1.29, 1.82) is 0 Å². The molecule has 0 fully saturated rings. The van der Waals surface area contributed by atoms with Crippen LogP contribution in [0, 0.1) is 0 Å². The van der Waals surface area contributed by atoms with Crippen molar-refractivity contribution in [2.45, 2.75) is 98.1 Å². The number of aromatic nitrogens is 2. The number of para-hydroxylation sites is 6. The summed E-state index contributed by atoms with van der Waals surface area (Å²) in [6.45, 7) is 19.1. The molecule has 0 bridgehead atoms. The molecular formula is C114H89BN6S2. The highest BCUT2D eigenvalue weighted by Gasteiger charge is 2.47. The molecule has 0 unspecified atom stereocenters. The van der Waals surface area contributed by atoms with E-state index >= 15 is 0 Å². The minimum absolute atomic E-state index is 0.0142. The van der Waals surface area contributed by atoms with Crippen LogP contribution in [-0.2, 0) is 16.2 Å². The Morgan fingerprint density at radius 2 is 0.545 bits per heavy atom. The van der Waals surface area contributed by atoms with Gasteiger partial charge < -0.3 is 28.7 Å². The Morgan fingerprint density at radius 3 is 0.878 bits per heavy atom. The van der Waals surface area contributed by atoms with Gasteiger partial charge in [-0.05, 0) is 229 Å². The van der Waals surface area contributed by atoms with E-state index in [4.69, 9.17) is 0 Å². The summed E-state index contributed by atoms with van der Waals surface area (Å²) in [5.41, 5.74) is 23.4. The molecule has 4 aliphatic heterocycles. The number of fused-ring (bicyclic) bond motifs is 14. The zero-order valence-electron chi connectivity index (χ0n) is 75.9. The highest BCUT2D eigenvalue weighted by atomic mass is 32.2. The van der Waals surface area contributed by atoms with Gasteiger partial charge in [-0.3, -0.25) is 0 Å². The molecule has 0 saturated heterocycles. The minimum Gasteiger partial charge on any atom is -0.310 e. The van der Waals surface area contributed by atoms with Gasteiger partial charge in [0.25, 0.3) is 6.71 Å². The first-order valence-electron chi connectivity index (χ1n) is 45.5. The van der Waals surface area contributed by atoms with Gasteiger partial charge >= 0.3 is 0 Å². The highest BCUT2D eigenvalue weighted by Crippen LogP contribution is 2.59. The third-order valence-electron chi connectivity index (χ3n) is 25.3. The minimum atomic E-state index is -1.18. The molecule has 2 aromatic heterocycles. The normalized spacial score (nSPS) is 14.1. The van der Waals surface area contributed by atoms with Crippen molar-refractivity contribution in [1.82, 2.24) is 9.13 Å². The van der Waals surface area contributed by atoms with Gasteiger partial charge in [0.2, 0.25) is 0 Å². The first kappa shape index (κ1) is 68.0. The third kappa shape index (κ3) is 12.1. The van der Waals surface area contributed by atoms with Crippen LogP contribution in [0.1, 0.15) is 87.2 Å². The molecule has 9 heteroatoms. The van der Waals surface area contributed by atoms with E-state index in [0.717, 1.165) is 170 Å². The van der Waals surface area contributed by atoms with Crippen molar-refractivity contribution in [3.63, 3.8) is 0 Å². The van der Waals surface area contributed by atoms with Crippen LogP contribution in [0.4, 0.5) is 68.2 Å². The fraction of sp³-hybridized carbons (Fsp3) is 0.105. The number of hydrogen-bond acceptors (Lipinski definition) is 6. The van der Waals surface area contributed by atoms with Crippen LogP contribution < -0.4 is 36.0 Å². The Morgan fingerprint density at radius 1 is 0.252 bits per heavy atom. The number of nitrogens with zero attached hydrogens (tertiary/aromatic N) is 6. The van der Waals surface area contributed by atoms with Crippen LogP contribution in [0.25, 0.3) is 99.5 Å². The quantitative estimate of drug-likeness (QED) is 0.126. The topological polar surface area (TPSA) is 22.8 Å². The molecule has 19 aromatic rings. The molecule has 23 rings (SSSR count). The first-order chi connectivity index (χ1) is 62.5. The van der Waals surface area contributed by atoms with Gasteiger partial charge in [0.05, 0.1) is 64.4 Å². The molecule has 4 aliphatic rings. The van der Waals surface area contributed by atoms with Gasteiger partial charge in [-0.2, -0.15) is 0 Å². The van der Waals surface area contributed by atoms with Gasteiger partial charge in [0.1, 0.15) is 0 Å². The molecule has 0 atom stereocenters. The fourth-order valence-electron chi connectivity index (χ4n) is 19.3. The van der Waals surface area contributed by atoms with Crippen LogP contribution in [0.15, 0.2) is 396 Å². The molecule has 0 spiro atoms. The van der Waals surface area contributed by atoms with Crippen LogP contribution in [0.3, 0.4) is 0 Å². The number of hydrogen-bond donors (Lipinski definition) is 0. The average Bonchev–Trinajstić information content (AvgIpc) is 1.39. The van der Waals surface area contributed by atoms with E-state index in [1.165, 1.54) is 0 Å². The monoisotopic (exact) mass is 1620 g/mol. The number of benzene rings is 17. The molecule has 6 heterocycles. The second-order valence-corrected chi connectivity index (χ2v) is 38.1. The molecule has 0 aliphatic carbocycles.